The highest BCUT2D eigenvalue weighted by Crippen LogP contribution is 2.36. The topological polar surface area (TPSA) is 77.5 Å². The molecule has 0 amide bonds. The fraction of sp³-hybridized carbons (Fsp3) is 0.222. The first-order valence-electron chi connectivity index (χ1n) is 11.0. The first-order valence-corrected chi connectivity index (χ1v) is 11.0. The van der Waals surface area contributed by atoms with Gasteiger partial charge in [0.15, 0.2) is 11.5 Å². The van der Waals surface area contributed by atoms with Crippen molar-refractivity contribution in [2.75, 3.05) is 20.8 Å². The predicted molar refractivity (Wildman–Crippen MR) is 128 cm³/mol. The molecule has 0 atom stereocenters. The number of methoxy groups -OCH3 is 2. The maximum Gasteiger partial charge on any atom is 0.358 e. The van der Waals surface area contributed by atoms with Crippen LogP contribution in [0.1, 0.15) is 23.6 Å². The monoisotopic (exact) mass is 461 g/mol. The lowest BCUT2D eigenvalue weighted by molar-refractivity contribution is -0.140. The molecule has 7 heteroatoms. The van der Waals surface area contributed by atoms with Gasteiger partial charge >= 0.3 is 5.97 Å². The number of aliphatic hydroxyl groups is 1. The van der Waals surface area contributed by atoms with Gasteiger partial charge in [-0.3, -0.25) is 0 Å². The average molecular weight is 462 g/mol. The zero-order valence-electron chi connectivity index (χ0n) is 19.4. The Kier molecular flexibility index (Phi) is 6.92. The number of carbonyl (C=O) groups is 1. The maximum absolute atomic E-state index is 12.8. The summed E-state index contributed by atoms with van der Waals surface area (Å²) in [7, 11) is 3.17. The van der Waals surface area contributed by atoms with Gasteiger partial charge in [-0.25, -0.2) is 4.79 Å². The fourth-order valence-electron chi connectivity index (χ4n) is 3.93. The van der Waals surface area contributed by atoms with Gasteiger partial charge in [-0.1, -0.05) is 18.2 Å². The van der Waals surface area contributed by atoms with Crippen LogP contribution >= 0.6 is 0 Å². The van der Waals surface area contributed by atoms with Crippen LogP contribution in [0.2, 0.25) is 0 Å². The molecular weight excluding hydrogens is 434 g/mol. The van der Waals surface area contributed by atoms with Crippen LogP contribution in [0.5, 0.6) is 23.0 Å². The molecule has 1 aliphatic rings. The molecule has 0 fully saturated rings. The first kappa shape index (κ1) is 23.0. The van der Waals surface area contributed by atoms with Crippen molar-refractivity contribution < 1.29 is 28.8 Å². The number of ether oxygens (including phenoxy) is 4. The van der Waals surface area contributed by atoms with E-state index in [1.165, 1.54) is 0 Å². The van der Waals surface area contributed by atoms with Gasteiger partial charge in [0, 0.05) is 30.3 Å². The van der Waals surface area contributed by atoms with Gasteiger partial charge in [-0.2, -0.15) is 0 Å². The van der Waals surface area contributed by atoms with Crippen LogP contribution in [-0.2, 0) is 22.6 Å². The quantitative estimate of drug-likeness (QED) is 0.456. The Morgan fingerprint density at radius 3 is 2.41 bits per heavy atom. The Balaban J connectivity index is 1.71. The number of hydrogen-bond donors (Lipinski definition) is 1. The molecule has 0 bridgehead atoms. The summed E-state index contributed by atoms with van der Waals surface area (Å²) in [6, 6.07) is 20.4. The number of benzene rings is 3. The Morgan fingerprint density at radius 2 is 1.71 bits per heavy atom. The third kappa shape index (κ3) is 4.78. The summed E-state index contributed by atoms with van der Waals surface area (Å²) in [4.78, 5) is 14.6. The van der Waals surface area contributed by atoms with Gasteiger partial charge in [-0.05, 0) is 55.0 Å². The third-order valence-corrected chi connectivity index (χ3v) is 5.54. The molecule has 0 spiro atoms. The van der Waals surface area contributed by atoms with E-state index in [0.29, 0.717) is 41.7 Å². The minimum Gasteiger partial charge on any atom is -0.505 e. The van der Waals surface area contributed by atoms with E-state index >= 15 is 0 Å². The summed E-state index contributed by atoms with van der Waals surface area (Å²) >= 11 is 0. The van der Waals surface area contributed by atoms with Crippen molar-refractivity contribution in [3.8, 4) is 23.0 Å². The largest absolute Gasteiger partial charge is 0.505 e. The number of para-hydroxylation sites is 1. The summed E-state index contributed by atoms with van der Waals surface area (Å²) in [6.07, 6.45) is 0. The molecule has 0 radical (unpaired) electrons. The second-order valence-corrected chi connectivity index (χ2v) is 7.69. The zero-order valence-corrected chi connectivity index (χ0v) is 19.4. The average Bonchev–Trinajstić information content (AvgIpc) is 2.85. The molecule has 3 aromatic rings. The minimum atomic E-state index is -0.581. The molecule has 176 valence electrons. The molecule has 1 N–H and O–H groups in total. The van der Waals surface area contributed by atoms with E-state index in [0.717, 1.165) is 11.1 Å². The summed E-state index contributed by atoms with van der Waals surface area (Å²) in [5.74, 6) is 1.93. The van der Waals surface area contributed by atoms with Gasteiger partial charge in [0.2, 0.25) is 0 Å². The molecule has 4 rings (SSSR count). The molecular formula is C27H27NO6. The second kappa shape index (κ2) is 10.2. The number of aliphatic hydroxyl groups excluding tert-OH is 1. The zero-order chi connectivity index (χ0) is 24.1. The summed E-state index contributed by atoms with van der Waals surface area (Å²) in [5.41, 5.74) is 2.34. The van der Waals surface area contributed by atoms with Crippen molar-refractivity contribution in [3.05, 3.63) is 89.1 Å². The number of rotatable bonds is 8. The van der Waals surface area contributed by atoms with E-state index in [-0.39, 0.29) is 18.1 Å². The number of carbonyl (C=O) groups excluding carboxylic acids is 1. The van der Waals surface area contributed by atoms with Crippen LogP contribution in [0.15, 0.2) is 72.4 Å². The van der Waals surface area contributed by atoms with Gasteiger partial charge in [0.05, 0.1) is 20.8 Å². The number of nitrogens with zero attached hydrogens (tertiary/aromatic N) is 1. The van der Waals surface area contributed by atoms with Crippen LogP contribution in [0, 0.1) is 0 Å². The summed E-state index contributed by atoms with van der Waals surface area (Å²) in [6.45, 7) is 2.62. The standard InChI is InChI=1S/C27H27NO6/c1-4-33-27(30)25-26(29)23-13-12-22(34-20-8-6-5-7-9-20)14-19(23)17-28(25)16-18-10-11-21(31-2)15-24(18)32-3/h5-15,29H,4,16-17H2,1-3H3. The SMILES string of the molecule is CCOC(=O)C1=C(O)c2ccc(Oc3ccccc3)cc2CN1Cc1ccc(OC)cc1OC. The molecule has 0 aliphatic carbocycles. The second-order valence-electron chi connectivity index (χ2n) is 7.69. The highest BCUT2D eigenvalue weighted by molar-refractivity contribution is 5.96. The number of esters is 1. The fourth-order valence-corrected chi connectivity index (χ4v) is 3.93. The smallest absolute Gasteiger partial charge is 0.358 e. The molecule has 1 aliphatic heterocycles. The van der Waals surface area contributed by atoms with Crippen LogP contribution in [0.25, 0.3) is 5.76 Å². The van der Waals surface area contributed by atoms with Crippen molar-refractivity contribution in [2.45, 2.75) is 20.0 Å². The van der Waals surface area contributed by atoms with Crippen LogP contribution < -0.4 is 14.2 Å². The van der Waals surface area contributed by atoms with Crippen molar-refractivity contribution in [1.82, 2.24) is 4.90 Å². The van der Waals surface area contributed by atoms with Crippen molar-refractivity contribution in [3.63, 3.8) is 0 Å². The molecule has 7 nitrogen and oxygen atoms in total. The van der Waals surface area contributed by atoms with Crippen molar-refractivity contribution in [1.29, 1.82) is 0 Å². The van der Waals surface area contributed by atoms with Crippen molar-refractivity contribution >= 4 is 11.7 Å². The molecule has 0 saturated heterocycles. The Hall–Kier alpha value is -4.13. The number of hydrogen-bond acceptors (Lipinski definition) is 7. The van der Waals surface area contributed by atoms with Gasteiger partial charge in [-0.15, -0.1) is 0 Å². The Labute approximate surface area is 198 Å². The lowest BCUT2D eigenvalue weighted by Gasteiger charge is -2.32. The molecule has 0 aromatic heterocycles. The predicted octanol–water partition coefficient (Wildman–Crippen LogP) is 5.30. The van der Waals surface area contributed by atoms with Crippen LogP contribution in [0.4, 0.5) is 0 Å². The highest BCUT2D eigenvalue weighted by atomic mass is 16.5. The molecule has 0 saturated carbocycles. The van der Waals surface area contributed by atoms with E-state index in [1.807, 2.05) is 48.5 Å². The van der Waals surface area contributed by atoms with E-state index in [4.69, 9.17) is 18.9 Å². The van der Waals surface area contributed by atoms with Gasteiger partial charge in [0.1, 0.15) is 23.0 Å². The lowest BCUT2D eigenvalue weighted by atomic mass is 9.98. The minimum absolute atomic E-state index is 0.115. The first-order chi connectivity index (χ1) is 16.5. The summed E-state index contributed by atoms with van der Waals surface area (Å²) < 4.78 is 22.0. The van der Waals surface area contributed by atoms with Crippen LogP contribution in [-0.4, -0.2) is 36.8 Å². The normalized spacial score (nSPS) is 12.7. The van der Waals surface area contributed by atoms with E-state index < -0.39 is 5.97 Å². The number of fused-ring (bicyclic) bond motifs is 1. The molecule has 34 heavy (non-hydrogen) atoms. The Bertz CT molecular complexity index is 1200. The third-order valence-electron chi connectivity index (χ3n) is 5.54. The van der Waals surface area contributed by atoms with Crippen LogP contribution in [0.3, 0.4) is 0 Å². The molecule has 0 unspecified atom stereocenters. The van der Waals surface area contributed by atoms with Gasteiger partial charge < -0.3 is 29.0 Å². The van der Waals surface area contributed by atoms with Gasteiger partial charge in [0.25, 0.3) is 0 Å². The Morgan fingerprint density at radius 1 is 0.941 bits per heavy atom. The summed E-state index contributed by atoms with van der Waals surface area (Å²) in [5, 5.41) is 11.1. The van der Waals surface area contributed by atoms with Crippen molar-refractivity contribution in [2.24, 2.45) is 0 Å². The maximum atomic E-state index is 12.8. The molecule has 1 heterocycles. The van der Waals surface area contributed by atoms with E-state index in [9.17, 15) is 9.90 Å². The molecule has 3 aromatic carbocycles. The van der Waals surface area contributed by atoms with E-state index in [1.54, 1.807) is 44.2 Å². The lowest BCUT2D eigenvalue weighted by Crippen LogP contribution is -2.33. The highest BCUT2D eigenvalue weighted by Gasteiger charge is 2.31. The van der Waals surface area contributed by atoms with E-state index in [2.05, 4.69) is 0 Å².